The molecule has 0 saturated carbocycles. The van der Waals surface area contributed by atoms with E-state index in [2.05, 4.69) is 6.92 Å². The van der Waals surface area contributed by atoms with Gasteiger partial charge in [0, 0.05) is 6.61 Å². The van der Waals surface area contributed by atoms with Crippen LogP contribution in [0.1, 0.15) is 32.6 Å². The average Bonchev–Trinajstić information content (AvgIpc) is 1.88. The molecule has 0 rings (SSSR count). The van der Waals surface area contributed by atoms with Crippen LogP contribution in [0.15, 0.2) is 0 Å². The Kier molecular flexibility index (Phi) is 16.2. The average molecular weight is 203 g/mol. The van der Waals surface area contributed by atoms with Crippen molar-refractivity contribution < 1.29 is 32.6 Å². The van der Waals surface area contributed by atoms with Crippen LogP contribution in [0.3, 0.4) is 0 Å². The number of aliphatic hydroxyl groups excluding tert-OH is 1. The van der Waals surface area contributed by atoms with Crippen molar-refractivity contribution in [1.82, 2.24) is 0 Å². The Morgan fingerprint density at radius 2 is 1.64 bits per heavy atom. The van der Waals surface area contributed by atoms with Crippen LogP contribution in [-0.4, -0.2) is 19.8 Å². The first kappa shape index (κ1) is 13.8. The Morgan fingerprint density at radius 3 is 1.91 bits per heavy atom. The molecular weight excluding hydrogens is 187 g/mol. The zero-order chi connectivity index (χ0) is 9.11. The predicted octanol–water partition coefficient (Wildman–Crippen LogP) is 0.324. The van der Waals surface area contributed by atoms with Crippen LogP contribution >= 0.6 is 0 Å². The van der Waals surface area contributed by atoms with Crippen LogP contribution in [0.2, 0.25) is 0 Å². The Hall–Kier alpha value is 0.264. The van der Waals surface area contributed by atoms with Crippen molar-refractivity contribution in [2.45, 2.75) is 32.6 Å². The molecule has 0 saturated heterocycles. The molecule has 0 amide bonds. The summed E-state index contributed by atoms with van der Waals surface area (Å²) in [5, 5.41) is 8.29. The molecule has 0 bridgehead atoms. The van der Waals surface area contributed by atoms with Gasteiger partial charge in [-0.15, -0.1) is 0 Å². The Bertz CT molecular complexity index is 78.7. The van der Waals surface area contributed by atoms with Crippen molar-refractivity contribution in [2.75, 3.05) is 6.61 Å². The first-order valence-electron chi connectivity index (χ1n) is 3.61. The van der Waals surface area contributed by atoms with Crippen molar-refractivity contribution in [1.29, 1.82) is 0 Å². The van der Waals surface area contributed by atoms with E-state index < -0.39 is 15.8 Å². The van der Waals surface area contributed by atoms with Crippen LogP contribution in [-0.2, 0) is 19.5 Å². The molecule has 0 aliphatic rings. The topological polar surface area (TPSA) is 77.8 Å². The maximum atomic E-state index is 8.78. The molecule has 11 heavy (non-hydrogen) atoms. The van der Waals surface area contributed by atoms with Gasteiger partial charge >= 0.3 is 27.5 Å². The van der Waals surface area contributed by atoms with E-state index in [-0.39, 0.29) is 0 Å². The van der Waals surface area contributed by atoms with Gasteiger partial charge < -0.3 is 5.11 Å². The van der Waals surface area contributed by atoms with Gasteiger partial charge in [-0.2, -0.15) is 0 Å². The third-order valence-corrected chi connectivity index (χ3v) is 1.01. The van der Waals surface area contributed by atoms with Crippen molar-refractivity contribution in [3.8, 4) is 0 Å². The third-order valence-electron chi connectivity index (χ3n) is 1.01. The zero-order valence-electron chi connectivity index (χ0n) is 6.73. The zero-order valence-corrected chi connectivity index (χ0v) is 8.13. The van der Waals surface area contributed by atoms with Gasteiger partial charge in [0.05, 0.1) is 0 Å². The standard InChI is InChI=1S/C6H14O.2H2O.O.V/c1-2-3-4-5-6-7;;;;/h7H,2-6H2,1H3;2*1H2;;/q;;;;+2/p-2. The summed E-state index contributed by atoms with van der Waals surface area (Å²) < 4.78 is 23.2. The quantitative estimate of drug-likeness (QED) is 0.575. The summed E-state index contributed by atoms with van der Waals surface area (Å²) in [5.74, 6) is 0. The molecule has 0 radical (unpaired) electrons. The van der Waals surface area contributed by atoms with Gasteiger partial charge in [0.2, 0.25) is 0 Å². The number of hydrogen-bond donors (Lipinski definition) is 3. The Labute approximate surface area is 72.4 Å². The van der Waals surface area contributed by atoms with E-state index in [1.54, 1.807) is 0 Å². The van der Waals surface area contributed by atoms with E-state index in [0.29, 0.717) is 6.61 Å². The summed E-state index contributed by atoms with van der Waals surface area (Å²) in [4.78, 5) is 0. The van der Waals surface area contributed by atoms with Gasteiger partial charge in [-0.3, -0.25) is 0 Å². The van der Waals surface area contributed by atoms with Crippen LogP contribution < -0.4 is 0 Å². The predicted molar refractivity (Wildman–Crippen MR) is 36.4 cm³/mol. The van der Waals surface area contributed by atoms with Gasteiger partial charge in [0.1, 0.15) is 0 Å². The molecule has 3 N–H and O–H groups in total. The van der Waals surface area contributed by atoms with E-state index in [9.17, 15) is 0 Å². The summed E-state index contributed by atoms with van der Waals surface area (Å²) in [6.07, 6.45) is 4.68. The minimum absolute atomic E-state index is 0.361. The molecule has 0 spiro atoms. The molecule has 0 aliphatic carbocycles. The molecule has 0 aromatic carbocycles. The third kappa shape index (κ3) is 38.6. The molecule has 0 atom stereocenters. The van der Waals surface area contributed by atoms with Crippen LogP contribution in [0.5, 0.6) is 0 Å². The minimum atomic E-state index is -3.44. The molecule has 0 unspecified atom stereocenters. The summed E-state index contributed by atoms with van der Waals surface area (Å²) >= 11 is -3.44. The number of unbranched alkanes of at least 4 members (excludes halogenated alkanes) is 3. The monoisotopic (exact) mass is 203 g/mol. The van der Waals surface area contributed by atoms with Crippen molar-refractivity contribution >= 4 is 0 Å². The second-order valence-corrected chi connectivity index (χ2v) is 2.83. The maximum absolute atomic E-state index is 8.78. The second-order valence-electron chi connectivity index (χ2n) is 2.04. The summed E-state index contributed by atoms with van der Waals surface area (Å²) in [5.41, 5.74) is 0. The van der Waals surface area contributed by atoms with Gasteiger partial charge in [-0.05, 0) is 6.42 Å². The SMILES string of the molecule is CCCCCCO.[O]=[V]([OH])[OH]. The van der Waals surface area contributed by atoms with E-state index in [1.807, 2.05) is 0 Å². The first-order valence-corrected chi connectivity index (χ1v) is 5.43. The van der Waals surface area contributed by atoms with Gasteiger partial charge in [-0.1, -0.05) is 26.2 Å². The van der Waals surface area contributed by atoms with Crippen molar-refractivity contribution in [2.24, 2.45) is 0 Å². The summed E-state index contributed by atoms with van der Waals surface area (Å²) in [7, 11) is 0. The fourth-order valence-electron chi connectivity index (χ4n) is 0.539. The molecule has 0 heterocycles. The van der Waals surface area contributed by atoms with Gasteiger partial charge in [-0.25, -0.2) is 0 Å². The summed E-state index contributed by atoms with van der Waals surface area (Å²) in [6, 6.07) is 0. The van der Waals surface area contributed by atoms with Crippen LogP contribution in [0.4, 0.5) is 0 Å². The Morgan fingerprint density at radius 1 is 1.18 bits per heavy atom. The molecule has 5 heteroatoms. The molecule has 0 aromatic heterocycles. The number of rotatable bonds is 4. The fourth-order valence-corrected chi connectivity index (χ4v) is 0.539. The van der Waals surface area contributed by atoms with Crippen molar-refractivity contribution in [3.63, 3.8) is 0 Å². The van der Waals surface area contributed by atoms with Crippen LogP contribution in [0, 0.1) is 0 Å². The molecule has 0 fully saturated rings. The molecule has 69 valence electrons. The van der Waals surface area contributed by atoms with E-state index in [0.717, 1.165) is 6.42 Å². The molecule has 0 aliphatic heterocycles. The molecular formula is C6H16O4V. The first-order chi connectivity index (χ1) is 5.15. The Balaban J connectivity index is 0. The molecule has 4 nitrogen and oxygen atoms in total. The van der Waals surface area contributed by atoms with E-state index >= 15 is 0 Å². The normalized spacial score (nSPS) is 8.36. The van der Waals surface area contributed by atoms with Gasteiger partial charge in [0.25, 0.3) is 0 Å². The molecule has 0 aromatic rings. The number of aliphatic hydroxyl groups is 1. The van der Waals surface area contributed by atoms with E-state index in [1.165, 1.54) is 19.3 Å². The second kappa shape index (κ2) is 12.9. The fraction of sp³-hybridized carbons (Fsp3) is 1.00. The van der Waals surface area contributed by atoms with Crippen molar-refractivity contribution in [3.05, 3.63) is 0 Å². The van der Waals surface area contributed by atoms with Crippen LogP contribution in [0.25, 0.3) is 0 Å². The number of hydrogen-bond acceptors (Lipinski definition) is 2. The summed E-state index contributed by atoms with van der Waals surface area (Å²) in [6.45, 7) is 2.53. The van der Waals surface area contributed by atoms with E-state index in [4.69, 9.17) is 16.8 Å². The van der Waals surface area contributed by atoms with Gasteiger partial charge in [0.15, 0.2) is 0 Å².